The Morgan fingerprint density at radius 3 is 2.30 bits per heavy atom. The van der Waals surface area contributed by atoms with Crippen molar-refractivity contribution in [2.75, 3.05) is 26.2 Å². The molecule has 1 fully saturated rings. The maximum atomic E-state index is 13.0. The molecule has 0 N–H and O–H groups in total. The van der Waals surface area contributed by atoms with E-state index in [0.717, 1.165) is 11.1 Å². The molecule has 0 radical (unpaired) electrons. The number of hydrogen-bond acceptors (Lipinski definition) is 5. The van der Waals surface area contributed by atoms with Crippen molar-refractivity contribution in [3.63, 3.8) is 0 Å². The molecular weight excluding hydrogens is 346 g/mol. The summed E-state index contributed by atoms with van der Waals surface area (Å²) in [6, 6.07) is 11.0. The Hall–Kier alpha value is -3.35. The molecule has 7 heteroatoms. The second-order valence-corrected chi connectivity index (χ2v) is 6.41. The van der Waals surface area contributed by atoms with Crippen molar-refractivity contribution in [3.8, 4) is 11.3 Å². The van der Waals surface area contributed by atoms with E-state index in [4.69, 9.17) is 8.83 Å². The molecule has 3 heterocycles. The summed E-state index contributed by atoms with van der Waals surface area (Å²) in [4.78, 5) is 32.8. The lowest BCUT2D eigenvalue weighted by Gasteiger charge is -2.34. The van der Waals surface area contributed by atoms with E-state index in [-0.39, 0.29) is 11.8 Å². The Morgan fingerprint density at radius 2 is 1.63 bits per heavy atom. The van der Waals surface area contributed by atoms with Crippen LogP contribution < -0.4 is 0 Å². The van der Waals surface area contributed by atoms with Crippen molar-refractivity contribution < 1.29 is 18.4 Å². The van der Waals surface area contributed by atoms with Crippen molar-refractivity contribution in [1.82, 2.24) is 14.8 Å². The minimum Gasteiger partial charge on any atom is -0.459 e. The first-order valence-corrected chi connectivity index (χ1v) is 8.76. The third-order valence-electron chi connectivity index (χ3n) is 4.75. The minimum absolute atomic E-state index is 0.158. The molecule has 1 saturated heterocycles. The molecule has 1 aromatic carbocycles. The van der Waals surface area contributed by atoms with Gasteiger partial charge >= 0.3 is 0 Å². The molecule has 1 aliphatic rings. The van der Waals surface area contributed by atoms with Gasteiger partial charge < -0.3 is 18.6 Å². The number of carbonyl (C=O) groups is 2. The van der Waals surface area contributed by atoms with Crippen LogP contribution in [0, 0.1) is 6.92 Å². The monoisotopic (exact) mass is 365 g/mol. The lowest BCUT2D eigenvalue weighted by molar-refractivity contribution is 0.0515. The van der Waals surface area contributed by atoms with Crippen molar-refractivity contribution in [1.29, 1.82) is 0 Å². The minimum atomic E-state index is -0.188. The fourth-order valence-electron chi connectivity index (χ4n) is 3.24. The van der Waals surface area contributed by atoms with Gasteiger partial charge in [0.25, 0.3) is 11.8 Å². The Labute approximate surface area is 156 Å². The van der Waals surface area contributed by atoms with Crippen LogP contribution in [0.15, 0.2) is 57.9 Å². The molecule has 0 atom stereocenters. The fraction of sp³-hybridized carbons (Fsp3) is 0.250. The van der Waals surface area contributed by atoms with Gasteiger partial charge in [-0.2, -0.15) is 0 Å². The maximum absolute atomic E-state index is 13.0. The summed E-state index contributed by atoms with van der Waals surface area (Å²) in [5, 5.41) is 0. The molecule has 2 aromatic heterocycles. The summed E-state index contributed by atoms with van der Waals surface area (Å²) in [6.45, 7) is 3.73. The smallest absolute Gasteiger partial charge is 0.289 e. The first-order chi connectivity index (χ1) is 13.1. The van der Waals surface area contributed by atoms with Gasteiger partial charge in [0.2, 0.25) is 0 Å². The Kier molecular flexibility index (Phi) is 4.50. The number of amides is 2. The zero-order valence-corrected chi connectivity index (χ0v) is 14.9. The van der Waals surface area contributed by atoms with Crippen LogP contribution in [-0.4, -0.2) is 52.8 Å². The average Bonchev–Trinajstić information content (AvgIpc) is 3.39. The molecule has 3 aromatic rings. The molecule has 2 amide bonds. The number of carbonyl (C=O) groups excluding carboxylic acids is 2. The van der Waals surface area contributed by atoms with Crippen LogP contribution in [0.3, 0.4) is 0 Å². The number of rotatable bonds is 3. The Balaban J connectivity index is 1.47. The van der Waals surface area contributed by atoms with E-state index in [2.05, 4.69) is 4.98 Å². The molecule has 0 unspecified atom stereocenters. The van der Waals surface area contributed by atoms with Crippen LogP contribution in [-0.2, 0) is 0 Å². The molecule has 0 spiro atoms. The van der Waals surface area contributed by atoms with Crippen LogP contribution in [0.25, 0.3) is 11.3 Å². The number of hydrogen-bond donors (Lipinski definition) is 0. The predicted octanol–water partition coefficient (Wildman–Crippen LogP) is 2.84. The first-order valence-electron chi connectivity index (χ1n) is 8.76. The second-order valence-electron chi connectivity index (χ2n) is 6.41. The van der Waals surface area contributed by atoms with Crippen molar-refractivity contribution in [2.45, 2.75) is 6.92 Å². The highest BCUT2D eigenvalue weighted by Gasteiger charge is 2.29. The van der Waals surface area contributed by atoms with Gasteiger partial charge in [0.05, 0.1) is 6.26 Å². The van der Waals surface area contributed by atoms with Gasteiger partial charge in [-0.15, -0.1) is 0 Å². The molecule has 0 saturated carbocycles. The van der Waals surface area contributed by atoms with Gasteiger partial charge in [0.1, 0.15) is 0 Å². The van der Waals surface area contributed by atoms with Gasteiger partial charge in [-0.1, -0.05) is 24.3 Å². The van der Waals surface area contributed by atoms with Crippen LogP contribution in [0.5, 0.6) is 0 Å². The lowest BCUT2D eigenvalue weighted by atomic mass is 10.0. The Bertz CT molecular complexity index is 953. The quantitative estimate of drug-likeness (QED) is 0.713. The van der Waals surface area contributed by atoms with Crippen LogP contribution >= 0.6 is 0 Å². The summed E-state index contributed by atoms with van der Waals surface area (Å²) in [5.74, 6) is 0.446. The second kappa shape index (κ2) is 7.11. The number of nitrogens with zero attached hydrogens (tertiary/aromatic N) is 3. The van der Waals surface area contributed by atoms with Crippen molar-refractivity contribution in [3.05, 3.63) is 66.1 Å². The van der Waals surface area contributed by atoms with E-state index < -0.39 is 0 Å². The van der Waals surface area contributed by atoms with Crippen LogP contribution in [0.2, 0.25) is 0 Å². The molecule has 0 bridgehead atoms. The first kappa shape index (κ1) is 17.1. The number of aromatic nitrogens is 1. The van der Waals surface area contributed by atoms with Crippen LogP contribution in [0.1, 0.15) is 26.6 Å². The van der Waals surface area contributed by atoms with E-state index in [1.54, 1.807) is 21.9 Å². The topological polar surface area (TPSA) is 79.8 Å². The number of piperazine rings is 1. The van der Waals surface area contributed by atoms with E-state index >= 15 is 0 Å². The van der Waals surface area contributed by atoms with Crippen molar-refractivity contribution in [2.24, 2.45) is 0 Å². The standard InChI is InChI=1S/C20H19N3O4/c1-14-5-2-3-6-15(14)18-17(21-13-27-18)20(25)23-10-8-22(9-11-23)19(24)16-7-4-12-26-16/h2-7,12-13H,8-11H2,1H3. The molecule has 27 heavy (non-hydrogen) atoms. The van der Waals surface area contributed by atoms with Gasteiger partial charge in [-0.3, -0.25) is 9.59 Å². The molecular formula is C20H19N3O4. The third kappa shape index (κ3) is 3.23. The van der Waals surface area contributed by atoms with E-state index in [9.17, 15) is 9.59 Å². The summed E-state index contributed by atoms with van der Waals surface area (Å²) in [7, 11) is 0. The number of furan rings is 1. The highest BCUT2D eigenvalue weighted by molar-refractivity contribution is 5.98. The van der Waals surface area contributed by atoms with E-state index in [0.29, 0.717) is 43.4 Å². The molecule has 4 rings (SSSR count). The highest BCUT2D eigenvalue weighted by Crippen LogP contribution is 2.27. The summed E-state index contributed by atoms with van der Waals surface area (Å²) >= 11 is 0. The molecule has 1 aliphatic heterocycles. The molecule has 0 aliphatic carbocycles. The molecule has 138 valence electrons. The largest absolute Gasteiger partial charge is 0.459 e. The van der Waals surface area contributed by atoms with E-state index in [1.165, 1.54) is 12.7 Å². The predicted molar refractivity (Wildman–Crippen MR) is 97.2 cm³/mol. The number of oxazole rings is 1. The average molecular weight is 365 g/mol. The highest BCUT2D eigenvalue weighted by atomic mass is 16.3. The molecule has 7 nitrogen and oxygen atoms in total. The zero-order chi connectivity index (χ0) is 18.8. The Morgan fingerprint density at radius 1 is 0.926 bits per heavy atom. The fourth-order valence-corrected chi connectivity index (χ4v) is 3.24. The lowest BCUT2D eigenvalue weighted by Crippen LogP contribution is -2.50. The number of aryl methyl sites for hydroxylation is 1. The summed E-state index contributed by atoms with van der Waals surface area (Å²) < 4.78 is 10.7. The zero-order valence-electron chi connectivity index (χ0n) is 14.9. The van der Waals surface area contributed by atoms with Gasteiger partial charge in [0.15, 0.2) is 23.6 Å². The normalized spacial score (nSPS) is 14.4. The number of benzene rings is 1. The van der Waals surface area contributed by atoms with Gasteiger partial charge in [-0.05, 0) is 24.6 Å². The van der Waals surface area contributed by atoms with E-state index in [1.807, 2.05) is 31.2 Å². The third-order valence-corrected chi connectivity index (χ3v) is 4.75. The van der Waals surface area contributed by atoms with Crippen LogP contribution in [0.4, 0.5) is 0 Å². The summed E-state index contributed by atoms with van der Waals surface area (Å²) in [6.07, 6.45) is 2.77. The summed E-state index contributed by atoms with van der Waals surface area (Å²) in [5.41, 5.74) is 2.16. The SMILES string of the molecule is Cc1ccccc1-c1ocnc1C(=O)N1CCN(C(=O)c2ccco2)CC1. The van der Waals surface area contributed by atoms with Gasteiger partial charge in [0, 0.05) is 31.7 Å². The van der Waals surface area contributed by atoms with Gasteiger partial charge in [-0.25, -0.2) is 4.98 Å². The maximum Gasteiger partial charge on any atom is 0.289 e. The van der Waals surface area contributed by atoms with Crippen molar-refractivity contribution >= 4 is 11.8 Å².